The predicted octanol–water partition coefficient (Wildman–Crippen LogP) is -1.61. The Hall–Kier alpha value is 2.04. The zero-order valence-electron chi connectivity index (χ0n) is 3.47. The molecule has 0 aliphatic rings. The largest absolute Gasteiger partial charge is 2.00 e. The van der Waals surface area contributed by atoms with Gasteiger partial charge in [0, 0.05) is 34.4 Å². The van der Waals surface area contributed by atoms with Crippen molar-refractivity contribution >= 4 is 34.0 Å². The van der Waals surface area contributed by atoms with E-state index in [0.717, 1.165) is 0 Å². The first-order valence-electron chi connectivity index (χ1n) is 0. The maximum Gasteiger partial charge on any atom is 2.00 e. The van der Waals surface area contributed by atoms with Gasteiger partial charge in [-0.15, -0.1) is 0 Å². The Kier molecular flexibility index (Phi) is 183. The normalized spacial score (nSPS) is 0. The molecule has 0 unspecified atom stereocenters. The van der Waals surface area contributed by atoms with E-state index in [0.29, 0.717) is 0 Å². The van der Waals surface area contributed by atoms with Crippen LogP contribution in [0, 0.1) is 0 Å². The third kappa shape index (κ3) is 8.97. The van der Waals surface area contributed by atoms with Gasteiger partial charge in [-0.05, 0) is 11.0 Å². The molecule has 0 amide bonds. The summed E-state index contributed by atoms with van der Waals surface area (Å²) in [6.07, 6.45) is 0. The van der Waals surface area contributed by atoms with E-state index in [1.807, 2.05) is 0 Å². The van der Waals surface area contributed by atoms with E-state index < -0.39 is 0 Å². The van der Waals surface area contributed by atoms with Crippen molar-refractivity contribution in [2.24, 2.45) is 0 Å². The molecule has 0 radical (unpaired) electrons. The van der Waals surface area contributed by atoms with Crippen LogP contribution in [0.15, 0.2) is 0 Å². The Balaban J connectivity index is 0. The SMILES string of the molecule is [Cr].[Fe].[H-].[H-].[Mg+2].[SiH4]. The van der Waals surface area contributed by atoms with Gasteiger partial charge in [0.15, 0.2) is 0 Å². The molecule has 0 N–H and O–H groups in total. The maximum absolute atomic E-state index is 0. The molecule has 0 fully saturated rings. The Labute approximate surface area is 70.9 Å². The van der Waals surface area contributed by atoms with Gasteiger partial charge in [-0.1, -0.05) is 0 Å². The summed E-state index contributed by atoms with van der Waals surface area (Å²) in [6.45, 7) is 0. The Morgan fingerprint density at radius 2 is 1.25 bits per heavy atom. The predicted molar refractivity (Wildman–Crippen MR) is 19.3 cm³/mol. The summed E-state index contributed by atoms with van der Waals surface area (Å²) in [7, 11) is 0. The fraction of sp³-hybridized carbons (Fsp3) is 0. The van der Waals surface area contributed by atoms with Crippen molar-refractivity contribution in [2.45, 2.75) is 0 Å². The molecule has 0 atom stereocenters. The van der Waals surface area contributed by atoms with Crippen molar-refractivity contribution in [3.63, 3.8) is 0 Å². The second-order valence-corrected chi connectivity index (χ2v) is 0. The van der Waals surface area contributed by atoms with Crippen molar-refractivity contribution in [1.29, 1.82) is 0 Å². The quantitative estimate of drug-likeness (QED) is 0.380. The molecule has 0 aromatic heterocycles. The fourth-order valence-corrected chi connectivity index (χ4v) is 0. The molecule has 0 saturated carbocycles. The summed E-state index contributed by atoms with van der Waals surface area (Å²) in [5.41, 5.74) is 0. The molecule has 0 spiro atoms. The Morgan fingerprint density at radius 3 is 1.25 bits per heavy atom. The molecular weight excluding hydrogens is 160 g/mol. The van der Waals surface area contributed by atoms with Gasteiger partial charge in [0.05, 0.1) is 0 Å². The summed E-state index contributed by atoms with van der Waals surface area (Å²) in [6, 6.07) is 0. The van der Waals surface area contributed by atoms with Crippen LogP contribution in [0.2, 0.25) is 0 Å². The second kappa shape index (κ2) is 19.8. The molecule has 0 saturated heterocycles. The number of hydrogen-bond acceptors (Lipinski definition) is 0. The third-order valence-electron chi connectivity index (χ3n) is 0. The van der Waals surface area contributed by atoms with Crippen LogP contribution in [-0.2, 0) is 34.4 Å². The summed E-state index contributed by atoms with van der Waals surface area (Å²) in [5.74, 6) is 0. The summed E-state index contributed by atoms with van der Waals surface area (Å²) in [5, 5.41) is 0. The van der Waals surface area contributed by atoms with Crippen LogP contribution in [0.1, 0.15) is 2.85 Å². The topological polar surface area (TPSA) is 0 Å². The average Bonchev–Trinajstić information content (AvgIpc) is 0. The monoisotopic (exact) mass is 166 g/mol. The molecule has 0 aromatic carbocycles. The van der Waals surface area contributed by atoms with Gasteiger partial charge in [0.25, 0.3) is 0 Å². The van der Waals surface area contributed by atoms with Crippen LogP contribution in [-0.4, -0.2) is 34.0 Å². The summed E-state index contributed by atoms with van der Waals surface area (Å²) >= 11 is 0. The summed E-state index contributed by atoms with van der Waals surface area (Å²) < 4.78 is 0. The molecule has 26 valence electrons. The van der Waals surface area contributed by atoms with Crippen LogP contribution in [0.3, 0.4) is 0 Å². The minimum absolute atomic E-state index is 0. The van der Waals surface area contributed by atoms with E-state index in [4.69, 9.17) is 0 Å². The molecule has 0 rings (SSSR count). The zero-order valence-corrected chi connectivity index (χ0v) is 5.26. The average molecular weight is 166 g/mol. The molecule has 4 heteroatoms. The molecule has 0 aliphatic heterocycles. The van der Waals surface area contributed by atoms with Gasteiger partial charge in [0.2, 0.25) is 0 Å². The minimum Gasteiger partial charge on any atom is -1.00 e. The van der Waals surface area contributed by atoms with Crippen molar-refractivity contribution in [3.05, 3.63) is 0 Å². The first-order valence-corrected chi connectivity index (χ1v) is 0. The Morgan fingerprint density at radius 1 is 1.25 bits per heavy atom. The molecule has 0 aliphatic carbocycles. The standard InChI is InChI=1S/Cr.Fe.Mg.H4Si.2H/h;;;1H4;;/q;;+2;;2*-1. The minimum atomic E-state index is 0. The molecule has 0 nitrogen and oxygen atoms in total. The Bertz CT molecular complexity index is 13.5. The van der Waals surface area contributed by atoms with Crippen molar-refractivity contribution in [3.8, 4) is 0 Å². The molecule has 0 heterocycles. The van der Waals surface area contributed by atoms with Crippen LogP contribution < -0.4 is 0 Å². The molecule has 0 bridgehead atoms. The van der Waals surface area contributed by atoms with E-state index in [1.54, 1.807) is 0 Å². The van der Waals surface area contributed by atoms with Gasteiger partial charge < -0.3 is 2.85 Å². The van der Waals surface area contributed by atoms with Crippen molar-refractivity contribution in [1.82, 2.24) is 0 Å². The van der Waals surface area contributed by atoms with E-state index in [9.17, 15) is 0 Å². The molecule has 0 aromatic rings. The van der Waals surface area contributed by atoms with Gasteiger partial charge in [-0.2, -0.15) is 0 Å². The van der Waals surface area contributed by atoms with Crippen LogP contribution in [0.4, 0.5) is 0 Å². The van der Waals surface area contributed by atoms with E-state index in [2.05, 4.69) is 0 Å². The number of rotatable bonds is 0. The first kappa shape index (κ1) is 36.9. The third-order valence-corrected chi connectivity index (χ3v) is 0. The van der Waals surface area contributed by atoms with Crippen molar-refractivity contribution in [2.75, 3.05) is 0 Å². The number of hydrogen-bond donors (Lipinski definition) is 0. The maximum atomic E-state index is 0. The van der Waals surface area contributed by atoms with Gasteiger partial charge in [0.1, 0.15) is 0 Å². The van der Waals surface area contributed by atoms with Crippen molar-refractivity contribution < 1.29 is 37.3 Å². The smallest absolute Gasteiger partial charge is 1.00 e. The van der Waals surface area contributed by atoms with Gasteiger partial charge >= 0.3 is 23.1 Å². The second-order valence-electron chi connectivity index (χ2n) is 0. The van der Waals surface area contributed by atoms with Gasteiger partial charge in [-0.3, -0.25) is 0 Å². The van der Waals surface area contributed by atoms with Crippen LogP contribution >= 0.6 is 0 Å². The van der Waals surface area contributed by atoms with E-state index in [1.165, 1.54) is 0 Å². The summed E-state index contributed by atoms with van der Waals surface area (Å²) in [4.78, 5) is 0. The van der Waals surface area contributed by atoms with Gasteiger partial charge in [-0.25, -0.2) is 0 Å². The van der Waals surface area contributed by atoms with E-state index in [-0.39, 0.29) is 71.3 Å². The zero-order chi connectivity index (χ0) is 0. The first-order chi connectivity index (χ1) is 0. The molecule has 4 heavy (non-hydrogen) atoms. The van der Waals surface area contributed by atoms with E-state index >= 15 is 0 Å². The van der Waals surface area contributed by atoms with Crippen LogP contribution in [0.5, 0.6) is 0 Å². The van der Waals surface area contributed by atoms with Crippen LogP contribution in [0.25, 0.3) is 0 Å². The fourth-order valence-electron chi connectivity index (χ4n) is 0. The molecular formula is H6CrFeMgSi.